The average molecular weight is 367 g/mol. The summed E-state index contributed by atoms with van der Waals surface area (Å²) in [4.78, 5) is 0. The zero-order valence-corrected chi connectivity index (χ0v) is 10.5. The van der Waals surface area contributed by atoms with Gasteiger partial charge in [-0.15, -0.1) is 0 Å². The molecule has 2 heteroatoms. The van der Waals surface area contributed by atoms with Crippen molar-refractivity contribution < 1.29 is 20.2 Å². The van der Waals surface area contributed by atoms with Crippen molar-refractivity contribution in [3.05, 3.63) is 15.9 Å². The van der Waals surface area contributed by atoms with Gasteiger partial charge in [0.05, 0.1) is 0 Å². The number of hydrogen-bond acceptors (Lipinski definition) is 0. The summed E-state index contributed by atoms with van der Waals surface area (Å²) in [5.74, 6) is 0. The van der Waals surface area contributed by atoms with Gasteiger partial charge in [0.2, 0.25) is 0 Å². The molecule has 0 heterocycles. The predicted octanol–water partition coefficient (Wildman–Crippen LogP) is 1.72. The SMILES string of the molecule is C=C=[CH][Hg][I]. The zero-order chi connectivity index (χ0) is 4.12. The van der Waals surface area contributed by atoms with Gasteiger partial charge in [-0.2, -0.15) is 0 Å². The van der Waals surface area contributed by atoms with Crippen molar-refractivity contribution in [1.29, 1.82) is 0 Å². The van der Waals surface area contributed by atoms with Gasteiger partial charge in [-0.3, -0.25) is 0 Å². The van der Waals surface area contributed by atoms with Crippen molar-refractivity contribution in [2.24, 2.45) is 0 Å². The molecule has 0 aliphatic carbocycles. The van der Waals surface area contributed by atoms with Crippen LogP contribution in [0.2, 0.25) is 0 Å². The zero-order valence-electron chi connectivity index (χ0n) is 2.87. The summed E-state index contributed by atoms with van der Waals surface area (Å²) in [6.07, 6.45) is 0. The second-order valence-corrected chi connectivity index (χ2v) is 11.1. The molecule has 24 valence electrons. The molecule has 5 heavy (non-hydrogen) atoms. The van der Waals surface area contributed by atoms with E-state index in [2.05, 4.69) is 33.6 Å². The van der Waals surface area contributed by atoms with Gasteiger partial charge in [0, 0.05) is 0 Å². The Hall–Kier alpha value is 1.19. The molecule has 0 saturated carbocycles. The van der Waals surface area contributed by atoms with Crippen molar-refractivity contribution in [3.63, 3.8) is 0 Å². The molecule has 0 saturated heterocycles. The fraction of sp³-hybridized carbons (Fsp3) is 0. The van der Waals surface area contributed by atoms with Crippen LogP contribution in [0.3, 0.4) is 0 Å². The third kappa shape index (κ3) is 5.19. The van der Waals surface area contributed by atoms with Crippen molar-refractivity contribution in [3.8, 4) is 0 Å². The van der Waals surface area contributed by atoms with Crippen molar-refractivity contribution in [1.82, 2.24) is 0 Å². The Balaban J connectivity index is 2.93. The molecule has 0 spiro atoms. The van der Waals surface area contributed by atoms with E-state index in [0.717, 1.165) is 0 Å². The maximum absolute atomic E-state index is 3.42. The van der Waals surface area contributed by atoms with Gasteiger partial charge in [0.15, 0.2) is 0 Å². The molecule has 0 aromatic rings. The molecule has 0 fully saturated rings. The molecule has 0 bridgehead atoms. The quantitative estimate of drug-likeness (QED) is 0.377. The van der Waals surface area contributed by atoms with Gasteiger partial charge in [-0.05, 0) is 0 Å². The van der Waals surface area contributed by atoms with E-state index >= 15 is 0 Å². The van der Waals surface area contributed by atoms with Gasteiger partial charge < -0.3 is 0 Å². The third-order valence-corrected chi connectivity index (χ3v) is 5.81. The van der Waals surface area contributed by atoms with Crippen LogP contribution in [0.4, 0.5) is 0 Å². The summed E-state index contributed by atoms with van der Waals surface area (Å²) < 4.78 is 2.10. The second kappa shape index (κ2) is 5.19. The Bertz CT molecular complexity index is 53.9. The molecular weight excluding hydrogens is 364 g/mol. The van der Waals surface area contributed by atoms with Crippen LogP contribution < -0.4 is 0 Å². The molecule has 0 N–H and O–H groups in total. The van der Waals surface area contributed by atoms with Crippen molar-refractivity contribution in [2.45, 2.75) is 0 Å². The first kappa shape index (κ1) is 6.19. The molecule has 0 radical (unpaired) electrons. The van der Waals surface area contributed by atoms with Gasteiger partial charge in [-0.1, -0.05) is 0 Å². The van der Waals surface area contributed by atoms with Gasteiger partial charge >= 0.3 is 53.8 Å². The first-order chi connectivity index (χ1) is 2.41. The van der Waals surface area contributed by atoms with Gasteiger partial charge in [0.1, 0.15) is 0 Å². The maximum atomic E-state index is 3.42. The summed E-state index contributed by atoms with van der Waals surface area (Å²) in [6, 6.07) is 0. The molecule has 0 atom stereocenters. The van der Waals surface area contributed by atoms with E-state index in [1.807, 2.05) is 0 Å². The Morgan fingerprint density at radius 1 is 2.00 bits per heavy atom. The van der Waals surface area contributed by atoms with E-state index in [1.54, 1.807) is 0 Å². The number of halogens is 1. The molecular formula is C3H3HgI. The van der Waals surface area contributed by atoms with Crippen LogP contribution in [0.5, 0.6) is 0 Å². The van der Waals surface area contributed by atoms with Crippen LogP contribution in [-0.4, -0.2) is 0 Å². The van der Waals surface area contributed by atoms with E-state index in [0.29, 0.717) is 0 Å². The summed E-state index contributed by atoms with van der Waals surface area (Å²) in [6.45, 7) is 3.42. The Kier molecular flexibility index (Phi) is 6.41. The van der Waals surface area contributed by atoms with Crippen LogP contribution in [0.25, 0.3) is 0 Å². The standard InChI is InChI=1S/C3H3.Hg.HI/c1-3-2;;/h1H,2H2;;1H/q;+1;/p-1. The second-order valence-electron chi connectivity index (χ2n) is 0.563. The van der Waals surface area contributed by atoms with Crippen molar-refractivity contribution >= 4 is 17.7 Å². The molecule has 0 aromatic carbocycles. The average Bonchev–Trinajstić information content (AvgIpc) is 1.41. The van der Waals surface area contributed by atoms with E-state index < -0.39 is 20.2 Å². The van der Waals surface area contributed by atoms with E-state index in [9.17, 15) is 0 Å². The monoisotopic (exact) mass is 368 g/mol. The van der Waals surface area contributed by atoms with E-state index in [1.165, 1.54) is 0 Å². The molecule has 0 amide bonds. The summed E-state index contributed by atoms with van der Waals surface area (Å²) in [5, 5.41) is 0. The first-order valence-electron chi connectivity index (χ1n) is 1.32. The minimum absolute atomic E-state index is 0.473. The van der Waals surface area contributed by atoms with Crippen LogP contribution in [0.1, 0.15) is 0 Å². The molecule has 0 aliphatic heterocycles. The topological polar surface area (TPSA) is 0 Å². The molecule has 0 nitrogen and oxygen atoms in total. The molecule has 0 aliphatic rings. The minimum atomic E-state index is -0.473. The molecule has 0 rings (SSSR count). The Labute approximate surface area is 53.1 Å². The van der Waals surface area contributed by atoms with Crippen LogP contribution in [0.15, 0.2) is 15.9 Å². The van der Waals surface area contributed by atoms with E-state index in [-0.39, 0.29) is 0 Å². The summed E-state index contributed by atoms with van der Waals surface area (Å²) in [5.41, 5.74) is 2.73. The van der Waals surface area contributed by atoms with Gasteiger partial charge in [-0.25, -0.2) is 0 Å². The first-order valence-corrected chi connectivity index (χ1v) is 20.0. The fourth-order valence-electron chi connectivity index (χ4n) is 0.0546. The van der Waals surface area contributed by atoms with Gasteiger partial charge in [0.25, 0.3) is 0 Å². The van der Waals surface area contributed by atoms with Crippen LogP contribution in [-0.2, 0) is 20.2 Å². The Morgan fingerprint density at radius 3 is 2.60 bits per heavy atom. The number of hydrogen-bond donors (Lipinski definition) is 0. The number of rotatable bonds is 1. The fourth-order valence-corrected chi connectivity index (χ4v) is 3.21. The molecule has 0 aromatic heterocycles. The van der Waals surface area contributed by atoms with Crippen molar-refractivity contribution in [2.75, 3.05) is 0 Å². The molecule has 0 unspecified atom stereocenters. The van der Waals surface area contributed by atoms with Crippen LogP contribution in [0, 0.1) is 0 Å². The normalized spacial score (nSPS) is 4.20. The third-order valence-electron chi connectivity index (χ3n) is 0.221. The summed E-state index contributed by atoms with van der Waals surface area (Å²) >= 11 is 1.98. The van der Waals surface area contributed by atoms with Crippen LogP contribution >= 0.6 is 17.7 Å². The summed E-state index contributed by atoms with van der Waals surface area (Å²) in [7, 11) is 0. The Morgan fingerprint density at radius 2 is 2.60 bits per heavy atom. The van der Waals surface area contributed by atoms with E-state index in [4.69, 9.17) is 0 Å². The predicted molar refractivity (Wildman–Crippen MR) is 27.7 cm³/mol.